The van der Waals surface area contributed by atoms with E-state index < -0.39 is 0 Å². The molecule has 5 nitrogen and oxygen atoms in total. The number of nitrogens with two attached hydrogens (primary N) is 1. The molecule has 0 atom stereocenters. The molecule has 0 fully saturated rings. The van der Waals surface area contributed by atoms with Crippen LogP contribution < -0.4 is 10.5 Å². The second-order valence-electron chi connectivity index (χ2n) is 6.28. The van der Waals surface area contributed by atoms with Gasteiger partial charge in [0.15, 0.2) is 0 Å². The van der Waals surface area contributed by atoms with E-state index in [0.717, 1.165) is 11.1 Å². The normalized spacial score (nSPS) is 10.3. The third-order valence-electron chi connectivity index (χ3n) is 4.39. The van der Waals surface area contributed by atoms with Crippen LogP contribution in [0, 0.1) is 0 Å². The van der Waals surface area contributed by atoms with Crippen LogP contribution in [0.4, 0.5) is 5.69 Å². The fourth-order valence-electron chi connectivity index (χ4n) is 2.83. The molecule has 3 aromatic rings. The molecule has 0 bridgehead atoms. The van der Waals surface area contributed by atoms with Gasteiger partial charge in [-0.25, -0.2) is 4.79 Å². The van der Waals surface area contributed by atoms with Crippen LogP contribution in [0.25, 0.3) is 16.9 Å². The molecule has 29 heavy (non-hydrogen) atoms. The highest BCUT2D eigenvalue weighted by atomic mass is 16.5. The maximum atomic E-state index is 11.8. The van der Waals surface area contributed by atoms with Crippen LogP contribution in [0.1, 0.15) is 22.8 Å². The van der Waals surface area contributed by atoms with Gasteiger partial charge in [0, 0.05) is 0 Å². The number of hydrogen-bond donors (Lipinski definition) is 1. The first-order valence-corrected chi connectivity index (χ1v) is 9.20. The van der Waals surface area contributed by atoms with E-state index in [1.165, 1.54) is 0 Å². The van der Waals surface area contributed by atoms with Crippen LogP contribution in [0.2, 0.25) is 0 Å². The zero-order valence-electron chi connectivity index (χ0n) is 16.5. The van der Waals surface area contributed by atoms with Gasteiger partial charge in [-0.1, -0.05) is 36.9 Å². The summed E-state index contributed by atoms with van der Waals surface area (Å²) in [4.78, 5) is 11.8. The minimum absolute atomic E-state index is 0.336. The van der Waals surface area contributed by atoms with Crippen LogP contribution in [-0.2, 0) is 9.47 Å². The van der Waals surface area contributed by atoms with Crippen LogP contribution in [0.15, 0.2) is 73.3 Å². The number of carbonyl (C=O) groups is 1. The minimum Gasteiger partial charge on any atom is -0.497 e. The third kappa shape index (κ3) is 4.58. The van der Waals surface area contributed by atoms with Gasteiger partial charge in [0.25, 0.3) is 0 Å². The van der Waals surface area contributed by atoms with Crippen molar-refractivity contribution in [3.63, 3.8) is 0 Å². The lowest BCUT2D eigenvalue weighted by Gasteiger charge is -2.15. The van der Waals surface area contributed by atoms with Gasteiger partial charge in [-0.05, 0) is 54.4 Å². The van der Waals surface area contributed by atoms with E-state index in [4.69, 9.17) is 19.9 Å². The Morgan fingerprint density at radius 1 is 0.966 bits per heavy atom. The van der Waals surface area contributed by atoms with Crippen LogP contribution in [0.3, 0.4) is 0 Å². The number of nitrogen functional groups attached to an aromatic ring is 1. The van der Waals surface area contributed by atoms with E-state index in [-0.39, 0.29) is 5.97 Å². The number of carbonyl (C=O) groups excluding carboxylic acids is 1. The molecule has 3 aromatic carbocycles. The molecule has 0 saturated heterocycles. The predicted octanol–water partition coefficient (Wildman–Crippen LogP) is 5.52. The second kappa shape index (κ2) is 8.97. The number of hydrogen-bond acceptors (Lipinski definition) is 5. The van der Waals surface area contributed by atoms with Gasteiger partial charge in [-0.3, -0.25) is 0 Å². The molecular formula is C24H23NO4. The lowest BCUT2D eigenvalue weighted by atomic mass is 10.0. The maximum absolute atomic E-state index is 11.8. The minimum atomic E-state index is -0.336. The lowest BCUT2D eigenvalue weighted by molar-refractivity contribution is 0.0526. The van der Waals surface area contributed by atoms with Crippen molar-refractivity contribution in [3.8, 4) is 22.6 Å². The number of esters is 1. The summed E-state index contributed by atoms with van der Waals surface area (Å²) in [5.74, 6) is 1.28. The highest BCUT2D eigenvalue weighted by molar-refractivity contribution is 5.90. The molecule has 5 heteroatoms. The molecular weight excluding hydrogens is 366 g/mol. The first-order valence-electron chi connectivity index (χ1n) is 9.20. The predicted molar refractivity (Wildman–Crippen MR) is 115 cm³/mol. The van der Waals surface area contributed by atoms with Crippen molar-refractivity contribution < 1.29 is 19.0 Å². The van der Waals surface area contributed by atoms with E-state index in [1.807, 2.05) is 42.5 Å². The number of methoxy groups -OCH3 is 1. The van der Waals surface area contributed by atoms with Crippen molar-refractivity contribution in [1.29, 1.82) is 0 Å². The monoisotopic (exact) mass is 389 g/mol. The molecule has 0 radical (unpaired) electrons. The molecule has 148 valence electrons. The zero-order chi connectivity index (χ0) is 20.8. The van der Waals surface area contributed by atoms with Gasteiger partial charge in [-0.2, -0.15) is 0 Å². The Hall–Kier alpha value is -3.73. The second-order valence-corrected chi connectivity index (χ2v) is 6.28. The average molecular weight is 389 g/mol. The third-order valence-corrected chi connectivity index (χ3v) is 4.39. The largest absolute Gasteiger partial charge is 0.497 e. The smallest absolute Gasteiger partial charge is 0.338 e. The van der Waals surface area contributed by atoms with E-state index in [1.54, 1.807) is 38.3 Å². The molecule has 0 amide bonds. The van der Waals surface area contributed by atoms with Crippen molar-refractivity contribution in [2.24, 2.45) is 0 Å². The highest BCUT2D eigenvalue weighted by Gasteiger charge is 2.13. The lowest BCUT2D eigenvalue weighted by Crippen LogP contribution is -2.04. The van der Waals surface area contributed by atoms with E-state index in [2.05, 4.69) is 6.58 Å². The zero-order valence-corrected chi connectivity index (χ0v) is 16.5. The Labute approximate surface area is 170 Å². The summed E-state index contributed by atoms with van der Waals surface area (Å²) in [6, 6.07) is 20.2. The molecule has 0 spiro atoms. The molecule has 0 aliphatic heterocycles. The summed E-state index contributed by atoms with van der Waals surface area (Å²) in [6.07, 6.45) is 0. The Morgan fingerprint density at radius 3 is 2.31 bits per heavy atom. The summed E-state index contributed by atoms with van der Waals surface area (Å²) < 4.78 is 16.4. The maximum Gasteiger partial charge on any atom is 0.338 e. The van der Waals surface area contributed by atoms with Gasteiger partial charge in [0.1, 0.15) is 17.3 Å². The Balaban J connectivity index is 1.94. The summed E-state index contributed by atoms with van der Waals surface area (Å²) in [7, 11) is 1.56. The first-order chi connectivity index (χ1) is 14.0. The van der Waals surface area contributed by atoms with E-state index in [0.29, 0.717) is 40.7 Å². The molecule has 0 unspecified atom stereocenters. The van der Waals surface area contributed by atoms with Crippen molar-refractivity contribution in [2.45, 2.75) is 6.92 Å². The molecule has 0 aliphatic carbocycles. The number of rotatable bonds is 7. The van der Waals surface area contributed by atoms with Gasteiger partial charge in [-0.15, -0.1) is 0 Å². The Morgan fingerprint density at radius 2 is 1.66 bits per heavy atom. The molecule has 3 rings (SSSR count). The Kier molecular flexibility index (Phi) is 6.19. The fraction of sp³-hybridized carbons (Fsp3) is 0.125. The first kappa shape index (κ1) is 20.0. The van der Waals surface area contributed by atoms with Crippen LogP contribution in [0.5, 0.6) is 11.5 Å². The molecule has 0 saturated carbocycles. The SMILES string of the molecule is C=C(OC)c1cc(-c2ccc(C(=O)OCC)cc2)ccc1Oc1ccccc1N. The molecule has 0 aromatic heterocycles. The fourth-order valence-corrected chi connectivity index (χ4v) is 2.83. The van der Waals surface area contributed by atoms with Crippen molar-refractivity contribution >= 4 is 17.4 Å². The van der Waals surface area contributed by atoms with Crippen molar-refractivity contribution in [2.75, 3.05) is 19.5 Å². The van der Waals surface area contributed by atoms with E-state index >= 15 is 0 Å². The molecule has 0 aliphatic rings. The average Bonchev–Trinajstić information content (AvgIpc) is 2.75. The van der Waals surface area contributed by atoms with Crippen LogP contribution >= 0.6 is 0 Å². The quantitative estimate of drug-likeness (QED) is 0.327. The topological polar surface area (TPSA) is 70.8 Å². The van der Waals surface area contributed by atoms with Crippen molar-refractivity contribution in [3.05, 3.63) is 84.4 Å². The number of benzene rings is 3. The number of ether oxygens (including phenoxy) is 3. The van der Waals surface area contributed by atoms with E-state index in [9.17, 15) is 4.79 Å². The highest BCUT2D eigenvalue weighted by Crippen LogP contribution is 2.35. The van der Waals surface area contributed by atoms with Gasteiger partial charge in [0.2, 0.25) is 0 Å². The van der Waals surface area contributed by atoms with Crippen molar-refractivity contribution in [1.82, 2.24) is 0 Å². The van der Waals surface area contributed by atoms with Gasteiger partial charge in [0.05, 0.1) is 30.5 Å². The summed E-state index contributed by atoms with van der Waals surface area (Å²) in [5, 5.41) is 0. The summed E-state index contributed by atoms with van der Waals surface area (Å²) in [6.45, 7) is 6.09. The van der Waals surface area contributed by atoms with Crippen LogP contribution in [-0.4, -0.2) is 19.7 Å². The Bertz CT molecular complexity index is 1030. The summed E-state index contributed by atoms with van der Waals surface area (Å²) in [5.41, 5.74) is 9.63. The summed E-state index contributed by atoms with van der Waals surface area (Å²) >= 11 is 0. The number of anilines is 1. The standard InChI is InChI=1S/C24H23NO4/c1-4-28-24(26)18-11-9-17(10-12-18)19-13-14-22(20(15-19)16(2)27-3)29-23-8-6-5-7-21(23)25/h5-15H,2,4,25H2,1,3H3. The number of para-hydroxylation sites is 2. The van der Waals surface area contributed by atoms with Gasteiger partial charge < -0.3 is 19.9 Å². The molecule has 0 heterocycles. The molecule has 2 N–H and O–H groups in total. The van der Waals surface area contributed by atoms with Gasteiger partial charge >= 0.3 is 5.97 Å².